The standard InChI is InChI=1S/C22H35N5O/c1-5-23-22(26-13-17(3)27-11-12-28-15-18(27)4)24-10-9-19-14-25-21-16(2)7-6-8-20(19)21/h6-8,14,17-18,25H,5,9-13,15H2,1-4H3,(H2,23,24,26). The van der Waals surface area contributed by atoms with Gasteiger partial charge in [0.05, 0.1) is 19.8 Å². The van der Waals surface area contributed by atoms with Crippen LogP contribution in [0.1, 0.15) is 31.9 Å². The van der Waals surface area contributed by atoms with E-state index < -0.39 is 0 Å². The van der Waals surface area contributed by atoms with Gasteiger partial charge in [0.1, 0.15) is 0 Å². The van der Waals surface area contributed by atoms with Crippen molar-refractivity contribution in [2.75, 3.05) is 39.4 Å². The molecule has 1 aromatic heterocycles. The Bertz CT molecular complexity index is 784. The number of aromatic nitrogens is 1. The fourth-order valence-corrected chi connectivity index (χ4v) is 3.95. The molecule has 6 nitrogen and oxygen atoms in total. The van der Waals surface area contributed by atoms with Crippen molar-refractivity contribution in [3.63, 3.8) is 0 Å². The second kappa shape index (κ2) is 9.94. The van der Waals surface area contributed by atoms with Gasteiger partial charge in [-0.15, -0.1) is 0 Å². The summed E-state index contributed by atoms with van der Waals surface area (Å²) >= 11 is 0. The van der Waals surface area contributed by atoms with Gasteiger partial charge in [-0.05, 0) is 45.2 Å². The number of guanidine groups is 1. The number of nitrogens with zero attached hydrogens (tertiary/aromatic N) is 2. The summed E-state index contributed by atoms with van der Waals surface area (Å²) in [5.74, 6) is 0.895. The summed E-state index contributed by atoms with van der Waals surface area (Å²) < 4.78 is 5.55. The van der Waals surface area contributed by atoms with E-state index in [1.807, 2.05) is 0 Å². The van der Waals surface area contributed by atoms with Crippen molar-refractivity contribution >= 4 is 16.9 Å². The predicted molar refractivity (Wildman–Crippen MR) is 117 cm³/mol. The summed E-state index contributed by atoms with van der Waals surface area (Å²) in [6.07, 6.45) is 3.09. The number of morpholine rings is 1. The van der Waals surface area contributed by atoms with Gasteiger partial charge in [0, 0.05) is 48.8 Å². The van der Waals surface area contributed by atoms with Crippen LogP contribution in [0.2, 0.25) is 0 Å². The third-order valence-electron chi connectivity index (χ3n) is 5.54. The van der Waals surface area contributed by atoms with Crippen LogP contribution < -0.4 is 10.6 Å². The summed E-state index contributed by atoms with van der Waals surface area (Å²) in [4.78, 5) is 10.7. The molecule has 0 amide bonds. The van der Waals surface area contributed by atoms with Crippen molar-refractivity contribution in [3.05, 3.63) is 35.5 Å². The molecule has 1 aromatic carbocycles. The Kier molecular flexibility index (Phi) is 7.34. The van der Waals surface area contributed by atoms with E-state index in [4.69, 9.17) is 9.73 Å². The van der Waals surface area contributed by atoms with E-state index in [1.165, 1.54) is 22.0 Å². The number of H-pyrrole nitrogens is 1. The Labute approximate surface area is 168 Å². The molecule has 3 N–H and O–H groups in total. The smallest absolute Gasteiger partial charge is 0.191 e. The lowest BCUT2D eigenvalue weighted by molar-refractivity contribution is -0.0165. The zero-order valence-corrected chi connectivity index (χ0v) is 17.7. The van der Waals surface area contributed by atoms with E-state index in [2.05, 4.69) is 72.6 Å². The minimum atomic E-state index is 0.408. The molecule has 1 aliphatic rings. The number of fused-ring (bicyclic) bond motifs is 1. The molecule has 2 heterocycles. The molecule has 2 unspecified atom stereocenters. The number of para-hydroxylation sites is 1. The van der Waals surface area contributed by atoms with Crippen LogP contribution in [0.5, 0.6) is 0 Å². The molecule has 2 aromatic rings. The quantitative estimate of drug-likeness (QED) is 0.506. The minimum absolute atomic E-state index is 0.408. The highest BCUT2D eigenvalue weighted by Gasteiger charge is 2.23. The monoisotopic (exact) mass is 385 g/mol. The van der Waals surface area contributed by atoms with Crippen LogP contribution in [-0.4, -0.2) is 67.3 Å². The number of aliphatic imine (C=N–C) groups is 1. The molecule has 0 aliphatic carbocycles. The molecule has 154 valence electrons. The van der Waals surface area contributed by atoms with Crippen molar-refractivity contribution in [2.45, 2.75) is 46.2 Å². The molecule has 1 aliphatic heterocycles. The van der Waals surface area contributed by atoms with Gasteiger partial charge in [-0.2, -0.15) is 0 Å². The molecule has 1 saturated heterocycles. The third kappa shape index (κ3) is 5.06. The van der Waals surface area contributed by atoms with E-state index in [-0.39, 0.29) is 0 Å². The van der Waals surface area contributed by atoms with E-state index in [0.29, 0.717) is 12.1 Å². The van der Waals surface area contributed by atoms with Crippen molar-refractivity contribution in [1.29, 1.82) is 0 Å². The Balaban J connectivity index is 1.55. The molecule has 0 spiro atoms. The molecule has 0 saturated carbocycles. The van der Waals surface area contributed by atoms with Crippen molar-refractivity contribution in [2.24, 2.45) is 4.99 Å². The Morgan fingerprint density at radius 2 is 2.25 bits per heavy atom. The summed E-state index contributed by atoms with van der Waals surface area (Å²) in [6, 6.07) is 7.33. The maximum absolute atomic E-state index is 5.55. The zero-order chi connectivity index (χ0) is 19.9. The first-order valence-electron chi connectivity index (χ1n) is 10.5. The molecule has 1 fully saturated rings. The van der Waals surface area contributed by atoms with Gasteiger partial charge in [0.25, 0.3) is 0 Å². The SMILES string of the molecule is CCNC(=NCC(C)N1CCOCC1C)NCCc1c[nH]c2c(C)cccc12. The molecular formula is C22H35N5O. The van der Waals surface area contributed by atoms with Crippen molar-refractivity contribution in [3.8, 4) is 0 Å². The molecule has 3 rings (SSSR count). The number of ether oxygens (including phenoxy) is 1. The average Bonchev–Trinajstić information content (AvgIpc) is 3.11. The molecule has 0 radical (unpaired) electrons. The van der Waals surface area contributed by atoms with E-state index in [9.17, 15) is 0 Å². The molecule has 6 heteroatoms. The maximum Gasteiger partial charge on any atom is 0.191 e. The average molecular weight is 386 g/mol. The molecule has 28 heavy (non-hydrogen) atoms. The highest BCUT2D eigenvalue weighted by molar-refractivity contribution is 5.86. The number of benzene rings is 1. The second-order valence-corrected chi connectivity index (χ2v) is 7.72. The highest BCUT2D eigenvalue weighted by Crippen LogP contribution is 2.21. The number of aromatic amines is 1. The van der Waals surface area contributed by atoms with Crippen LogP contribution in [0.15, 0.2) is 29.4 Å². The third-order valence-corrected chi connectivity index (χ3v) is 5.54. The van der Waals surface area contributed by atoms with Gasteiger partial charge in [0.2, 0.25) is 0 Å². The van der Waals surface area contributed by atoms with E-state index in [1.54, 1.807) is 0 Å². The van der Waals surface area contributed by atoms with Crippen LogP contribution in [0.3, 0.4) is 0 Å². The number of hydrogen-bond donors (Lipinski definition) is 3. The summed E-state index contributed by atoms with van der Waals surface area (Å²) in [7, 11) is 0. The first-order chi connectivity index (χ1) is 13.6. The number of hydrogen-bond acceptors (Lipinski definition) is 3. The minimum Gasteiger partial charge on any atom is -0.379 e. The predicted octanol–water partition coefficient (Wildman–Crippen LogP) is 2.68. The lowest BCUT2D eigenvalue weighted by Crippen LogP contribution is -2.49. The van der Waals surface area contributed by atoms with Crippen molar-refractivity contribution in [1.82, 2.24) is 20.5 Å². The van der Waals surface area contributed by atoms with E-state index >= 15 is 0 Å². The Hall–Kier alpha value is -2.05. The van der Waals surface area contributed by atoms with Gasteiger partial charge in [0.15, 0.2) is 5.96 Å². The fraction of sp³-hybridized carbons (Fsp3) is 0.591. The second-order valence-electron chi connectivity index (χ2n) is 7.72. The largest absolute Gasteiger partial charge is 0.379 e. The van der Waals surface area contributed by atoms with E-state index in [0.717, 1.165) is 51.8 Å². The Morgan fingerprint density at radius 1 is 1.39 bits per heavy atom. The highest BCUT2D eigenvalue weighted by atomic mass is 16.5. The van der Waals surface area contributed by atoms with Crippen LogP contribution in [0, 0.1) is 6.92 Å². The lowest BCUT2D eigenvalue weighted by Gasteiger charge is -2.37. The van der Waals surface area contributed by atoms with Gasteiger partial charge in [-0.3, -0.25) is 9.89 Å². The maximum atomic E-state index is 5.55. The first-order valence-corrected chi connectivity index (χ1v) is 10.5. The summed E-state index contributed by atoms with van der Waals surface area (Å²) in [6.45, 7) is 13.9. The molecular weight excluding hydrogens is 350 g/mol. The number of nitrogens with one attached hydrogen (secondary N) is 3. The first kappa shape index (κ1) is 20.7. The summed E-state index contributed by atoms with van der Waals surface area (Å²) in [5, 5.41) is 8.17. The van der Waals surface area contributed by atoms with Gasteiger partial charge in [-0.25, -0.2) is 0 Å². The zero-order valence-electron chi connectivity index (χ0n) is 17.7. The molecule has 2 atom stereocenters. The van der Waals surface area contributed by atoms with Gasteiger partial charge >= 0.3 is 0 Å². The van der Waals surface area contributed by atoms with Gasteiger partial charge < -0.3 is 20.4 Å². The van der Waals surface area contributed by atoms with Crippen LogP contribution in [0.25, 0.3) is 10.9 Å². The molecule has 0 bridgehead atoms. The van der Waals surface area contributed by atoms with Crippen LogP contribution >= 0.6 is 0 Å². The Morgan fingerprint density at radius 3 is 3.04 bits per heavy atom. The normalized spacial score (nSPS) is 19.7. The lowest BCUT2D eigenvalue weighted by atomic mass is 10.1. The van der Waals surface area contributed by atoms with Gasteiger partial charge in [-0.1, -0.05) is 18.2 Å². The summed E-state index contributed by atoms with van der Waals surface area (Å²) in [5.41, 5.74) is 3.88. The van der Waals surface area contributed by atoms with Crippen LogP contribution in [0.4, 0.5) is 0 Å². The fourth-order valence-electron chi connectivity index (χ4n) is 3.95. The van der Waals surface area contributed by atoms with Crippen LogP contribution in [-0.2, 0) is 11.2 Å². The number of rotatable bonds is 7. The number of aryl methyl sites for hydroxylation is 1. The van der Waals surface area contributed by atoms with Crippen molar-refractivity contribution < 1.29 is 4.74 Å². The topological polar surface area (TPSA) is 64.7 Å².